The van der Waals surface area contributed by atoms with Crippen LogP contribution in [0.5, 0.6) is 0 Å². The van der Waals surface area contributed by atoms with Gasteiger partial charge in [0.25, 0.3) is 0 Å². The molecule has 0 fully saturated rings. The van der Waals surface area contributed by atoms with Gasteiger partial charge < -0.3 is 10.1 Å². The fourth-order valence-corrected chi connectivity index (χ4v) is 1.93. The van der Waals surface area contributed by atoms with Crippen molar-refractivity contribution in [3.05, 3.63) is 17.5 Å². The SMILES string of the molecule is COC(=O)CCCCCNC(=O)Cn1nc(C)cc1C. The Kier molecular flexibility index (Phi) is 6.76. The fraction of sp³-hybridized carbons (Fsp3) is 0.643. The Labute approximate surface area is 119 Å². The van der Waals surface area contributed by atoms with E-state index in [0.717, 1.165) is 30.7 Å². The molecule has 0 aliphatic carbocycles. The molecule has 0 aliphatic rings. The van der Waals surface area contributed by atoms with Crippen molar-refractivity contribution >= 4 is 11.9 Å². The van der Waals surface area contributed by atoms with Crippen molar-refractivity contribution < 1.29 is 14.3 Å². The van der Waals surface area contributed by atoms with Crippen LogP contribution in [0.2, 0.25) is 0 Å². The van der Waals surface area contributed by atoms with Crippen LogP contribution in [0.25, 0.3) is 0 Å². The Bertz CT molecular complexity index is 455. The lowest BCUT2D eigenvalue weighted by atomic mass is 10.2. The van der Waals surface area contributed by atoms with Gasteiger partial charge in [-0.1, -0.05) is 6.42 Å². The van der Waals surface area contributed by atoms with Gasteiger partial charge in [0.1, 0.15) is 6.54 Å². The number of aromatic nitrogens is 2. The van der Waals surface area contributed by atoms with Crippen LogP contribution in [0.4, 0.5) is 0 Å². The zero-order chi connectivity index (χ0) is 15.0. The van der Waals surface area contributed by atoms with Gasteiger partial charge in [0.2, 0.25) is 5.91 Å². The summed E-state index contributed by atoms with van der Waals surface area (Å²) >= 11 is 0. The molecule has 1 amide bonds. The lowest BCUT2D eigenvalue weighted by Crippen LogP contribution is -2.29. The van der Waals surface area contributed by atoms with Gasteiger partial charge in [0, 0.05) is 18.7 Å². The highest BCUT2D eigenvalue weighted by Crippen LogP contribution is 2.02. The summed E-state index contributed by atoms with van der Waals surface area (Å²) in [5.41, 5.74) is 1.90. The fourth-order valence-electron chi connectivity index (χ4n) is 1.93. The van der Waals surface area contributed by atoms with Crippen molar-refractivity contribution in [3.63, 3.8) is 0 Å². The van der Waals surface area contributed by atoms with E-state index in [4.69, 9.17) is 0 Å². The minimum atomic E-state index is -0.182. The van der Waals surface area contributed by atoms with Crippen molar-refractivity contribution in [1.29, 1.82) is 0 Å². The Hall–Kier alpha value is -1.85. The van der Waals surface area contributed by atoms with E-state index in [1.807, 2.05) is 19.9 Å². The molecule has 1 heterocycles. The Morgan fingerprint density at radius 3 is 2.65 bits per heavy atom. The van der Waals surface area contributed by atoms with Gasteiger partial charge in [-0.05, 0) is 32.8 Å². The number of nitrogens with zero attached hydrogens (tertiary/aromatic N) is 2. The standard InChI is InChI=1S/C14H23N3O3/c1-11-9-12(2)17(16-11)10-13(18)15-8-6-4-5-7-14(19)20-3/h9H,4-8,10H2,1-3H3,(H,15,18). The van der Waals surface area contributed by atoms with Crippen molar-refractivity contribution in [2.75, 3.05) is 13.7 Å². The molecule has 0 spiro atoms. The molecule has 112 valence electrons. The lowest BCUT2D eigenvalue weighted by molar-refractivity contribution is -0.140. The van der Waals surface area contributed by atoms with E-state index in [0.29, 0.717) is 13.0 Å². The quantitative estimate of drug-likeness (QED) is 0.576. The Morgan fingerprint density at radius 1 is 1.30 bits per heavy atom. The highest BCUT2D eigenvalue weighted by molar-refractivity contribution is 5.75. The highest BCUT2D eigenvalue weighted by atomic mass is 16.5. The second-order valence-electron chi connectivity index (χ2n) is 4.82. The largest absolute Gasteiger partial charge is 0.469 e. The van der Waals surface area contributed by atoms with Gasteiger partial charge in [-0.2, -0.15) is 5.10 Å². The number of aryl methyl sites for hydroxylation is 2. The molecule has 1 N–H and O–H groups in total. The molecular formula is C14H23N3O3. The summed E-state index contributed by atoms with van der Waals surface area (Å²) in [6, 6.07) is 1.94. The summed E-state index contributed by atoms with van der Waals surface area (Å²) < 4.78 is 6.25. The molecule has 0 bridgehead atoms. The first kappa shape index (κ1) is 16.2. The number of hydrogen-bond acceptors (Lipinski definition) is 4. The molecule has 1 aromatic rings. The smallest absolute Gasteiger partial charge is 0.305 e. The Morgan fingerprint density at radius 2 is 2.05 bits per heavy atom. The van der Waals surface area contributed by atoms with Crippen LogP contribution in [-0.4, -0.2) is 35.3 Å². The molecule has 20 heavy (non-hydrogen) atoms. The minimum absolute atomic E-state index is 0.0378. The van der Waals surface area contributed by atoms with E-state index in [2.05, 4.69) is 15.2 Å². The number of ether oxygens (including phenoxy) is 1. The molecule has 6 heteroatoms. The Balaban J connectivity index is 2.12. The molecule has 0 saturated heterocycles. The summed E-state index contributed by atoms with van der Waals surface area (Å²) in [6.07, 6.45) is 2.99. The summed E-state index contributed by atoms with van der Waals surface area (Å²) in [5, 5.41) is 7.09. The van der Waals surface area contributed by atoms with E-state index < -0.39 is 0 Å². The number of amides is 1. The van der Waals surface area contributed by atoms with Gasteiger partial charge in [0.15, 0.2) is 0 Å². The zero-order valence-electron chi connectivity index (χ0n) is 12.4. The maximum absolute atomic E-state index is 11.7. The average molecular weight is 281 g/mol. The molecule has 0 aliphatic heterocycles. The summed E-state index contributed by atoms with van der Waals surface area (Å²) in [5.74, 6) is -0.220. The maximum Gasteiger partial charge on any atom is 0.305 e. The number of unbranched alkanes of at least 4 members (excludes halogenated alkanes) is 2. The average Bonchev–Trinajstić information content (AvgIpc) is 2.71. The third-order valence-corrected chi connectivity index (χ3v) is 3.00. The van der Waals surface area contributed by atoms with Gasteiger partial charge in [-0.3, -0.25) is 14.3 Å². The number of esters is 1. The third-order valence-electron chi connectivity index (χ3n) is 3.00. The number of methoxy groups -OCH3 is 1. The van der Waals surface area contributed by atoms with E-state index in [9.17, 15) is 9.59 Å². The molecule has 0 atom stereocenters. The molecule has 0 saturated carbocycles. The first-order valence-corrected chi connectivity index (χ1v) is 6.87. The lowest BCUT2D eigenvalue weighted by Gasteiger charge is -2.06. The molecular weight excluding hydrogens is 258 g/mol. The predicted molar refractivity (Wildman–Crippen MR) is 75.2 cm³/mol. The molecule has 1 aromatic heterocycles. The summed E-state index contributed by atoms with van der Waals surface area (Å²) in [7, 11) is 1.39. The number of hydrogen-bond donors (Lipinski definition) is 1. The topological polar surface area (TPSA) is 73.2 Å². The van der Waals surface area contributed by atoms with Crippen molar-refractivity contribution in [3.8, 4) is 0 Å². The zero-order valence-corrected chi connectivity index (χ0v) is 12.4. The van der Waals surface area contributed by atoms with E-state index >= 15 is 0 Å². The van der Waals surface area contributed by atoms with E-state index in [-0.39, 0.29) is 18.4 Å². The molecule has 0 radical (unpaired) electrons. The van der Waals surface area contributed by atoms with Crippen LogP contribution in [0.1, 0.15) is 37.1 Å². The number of carbonyl (C=O) groups is 2. The first-order chi connectivity index (χ1) is 9.52. The van der Waals surface area contributed by atoms with E-state index in [1.165, 1.54) is 7.11 Å². The van der Waals surface area contributed by atoms with Crippen molar-refractivity contribution in [2.24, 2.45) is 0 Å². The molecule has 0 unspecified atom stereocenters. The van der Waals surface area contributed by atoms with Crippen molar-refractivity contribution in [1.82, 2.24) is 15.1 Å². The minimum Gasteiger partial charge on any atom is -0.469 e. The maximum atomic E-state index is 11.7. The summed E-state index contributed by atoms with van der Waals surface area (Å²) in [4.78, 5) is 22.6. The van der Waals surface area contributed by atoms with Crippen molar-refractivity contribution in [2.45, 2.75) is 46.1 Å². The van der Waals surface area contributed by atoms with Crippen LogP contribution in [0.15, 0.2) is 6.07 Å². The van der Waals surface area contributed by atoms with Crippen LogP contribution >= 0.6 is 0 Å². The van der Waals surface area contributed by atoms with Crippen LogP contribution in [0.3, 0.4) is 0 Å². The second kappa shape index (κ2) is 8.35. The monoisotopic (exact) mass is 281 g/mol. The highest BCUT2D eigenvalue weighted by Gasteiger charge is 2.06. The van der Waals surface area contributed by atoms with Crippen LogP contribution < -0.4 is 5.32 Å². The van der Waals surface area contributed by atoms with E-state index in [1.54, 1.807) is 4.68 Å². The normalized spacial score (nSPS) is 10.3. The molecule has 1 rings (SSSR count). The number of rotatable bonds is 8. The first-order valence-electron chi connectivity index (χ1n) is 6.87. The summed E-state index contributed by atoms with van der Waals surface area (Å²) in [6.45, 7) is 4.71. The number of carbonyl (C=O) groups excluding carboxylic acids is 2. The predicted octanol–water partition coefficient (Wildman–Crippen LogP) is 1.35. The second-order valence-corrected chi connectivity index (χ2v) is 4.82. The molecule has 6 nitrogen and oxygen atoms in total. The van der Waals surface area contributed by atoms with Gasteiger partial charge in [-0.25, -0.2) is 0 Å². The van der Waals surface area contributed by atoms with Gasteiger partial charge in [-0.15, -0.1) is 0 Å². The third kappa shape index (κ3) is 5.86. The van der Waals surface area contributed by atoms with Crippen LogP contribution in [0, 0.1) is 13.8 Å². The number of nitrogens with one attached hydrogen (secondary N) is 1. The van der Waals surface area contributed by atoms with Gasteiger partial charge in [0.05, 0.1) is 12.8 Å². The van der Waals surface area contributed by atoms with Crippen LogP contribution in [-0.2, 0) is 20.9 Å². The van der Waals surface area contributed by atoms with Gasteiger partial charge >= 0.3 is 5.97 Å². The molecule has 0 aromatic carbocycles.